The van der Waals surface area contributed by atoms with E-state index in [1.165, 1.54) is 23.7 Å². The Morgan fingerprint density at radius 2 is 2.25 bits per heavy atom. The molecule has 0 aliphatic heterocycles. The van der Waals surface area contributed by atoms with E-state index in [9.17, 15) is 9.59 Å². The van der Waals surface area contributed by atoms with Crippen LogP contribution in [0.1, 0.15) is 6.42 Å². The van der Waals surface area contributed by atoms with Gasteiger partial charge in [0.05, 0.1) is 6.54 Å². The molecule has 0 unspecified atom stereocenters. The van der Waals surface area contributed by atoms with E-state index in [1.54, 1.807) is 0 Å². The smallest absolute Gasteiger partial charge is 0.326 e. The Bertz CT molecular complexity index is 288. The number of nitrogens with zero attached hydrogens (tertiary/aromatic N) is 1. The Labute approximate surface area is 99.6 Å². The molecule has 0 rings (SSSR count). The molecule has 0 spiro atoms. The van der Waals surface area contributed by atoms with Gasteiger partial charge in [0.25, 0.3) is 0 Å². The lowest BCUT2D eigenvalue weighted by atomic mass is 10.2. The van der Waals surface area contributed by atoms with Crippen LogP contribution in [0.2, 0.25) is 0 Å². The Morgan fingerprint density at radius 1 is 1.62 bits per heavy atom. The number of thioether (sulfide) groups is 1. The molecule has 2 N–H and O–H groups in total. The first-order valence-corrected chi connectivity index (χ1v) is 6.09. The quantitative estimate of drug-likeness (QED) is 0.666. The molecule has 6 heteroatoms. The van der Waals surface area contributed by atoms with Gasteiger partial charge in [-0.1, -0.05) is 5.92 Å². The maximum atomic E-state index is 11.5. The molecule has 0 radical (unpaired) electrons. The zero-order valence-electron chi connectivity index (χ0n) is 9.40. The largest absolute Gasteiger partial charge is 0.480 e. The fraction of sp³-hybridized carbons (Fsp3) is 0.600. The number of carboxylic acid groups (broad SMARTS) is 1. The predicted octanol–water partition coefficient (Wildman–Crippen LogP) is 0.467. The van der Waals surface area contributed by atoms with Crippen molar-refractivity contribution in [3.05, 3.63) is 0 Å². The number of carbonyl (C=O) groups is 2. The summed E-state index contributed by atoms with van der Waals surface area (Å²) in [6.45, 7) is 0.153. The highest BCUT2D eigenvalue weighted by Crippen LogP contribution is 2.01. The molecule has 0 aromatic rings. The number of urea groups is 1. The van der Waals surface area contributed by atoms with E-state index in [-0.39, 0.29) is 6.54 Å². The van der Waals surface area contributed by atoms with Crippen LogP contribution in [0.15, 0.2) is 0 Å². The molecule has 16 heavy (non-hydrogen) atoms. The van der Waals surface area contributed by atoms with E-state index in [0.717, 1.165) is 0 Å². The van der Waals surface area contributed by atoms with Crippen molar-refractivity contribution in [1.82, 2.24) is 10.2 Å². The standard InChI is InChI=1S/C10H16N2O3S/c1-4-6-12(2)10(15)11-8(9(13)14)5-7-16-3/h1,8H,5-7H2,2-3H3,(H,11,15)(H,13,14)/t8-/m1/s1. The summed E-state index contributed by atoms with van der Waals surface area (Å²) < 4.78 is 0. The predicted molar refractivity (Wildman–Crippen MR) is 64.4 cm³/mol. The van der Waals surface area contributed by atoms with Crippen LogP contribution in [0.4, 0.5) is 4.79 Å². The van der Waals surface area contributed by atoms with Crippen molar-refractivity contribution < 1.29 is 14.7 Å². The van der Waals surface area contributed by atoms with Gasteiger partial charge >= 0.3 is 12.0 Å². The molecular formula is C10H16N2O3S. The Hall–Kier alpha value is -1.35. The lowest BCUT2D eigenvalue weighted by Crippen LogP contribution is -2.47. The fourth-order valence-corrected chi connectivity index (χ4v) is 1.43. The monoisotopic (exact) mass is 244 g/mol. The second-order valence-corrected chi connectivity index (χ2v) is 4.17. The molecule has 1 atom stereocenters. The SMILES string of the molecule is C#CCN(C)C(=O)N[C@H](CCSC)C(=O)O. The number of carboxylic acids is 1. The number of amides is 2. The first kappa shape index (κ1) is 14.6. The summed E-state index contributed by atoms with van der Waals surface area (Å²) in [7, 11) is 1.52. The normalized spacial score (nSPS) is 11.3. The summed E-state index contributed by atoms with van der Waals surface area (Å²) in [5.41, 5.74) is 0. The van der Waals surface area contributed by atoms with Crippen LogP contribution in [0.5, 0.6) is 0 Å². The number of rotatable bonds is 6. The third kappa shape index (κ3) is 5.51. The van der Waals surface area contributed by atoms with Gasteiger partial charge in [-0.05, 0) is 18.4 Å². The topological polar surface area (TPSA) is 69.6 Å². The maximum Gasteiger partial charge on any atom is 0.326 e. The lowest BCUT2D eigenvalue weighted by Gasteiger charge is -2.19. The maximum absolute atomic E-state index is 11.5. The van der Waals surface area contributed by atoms with Gasteiger partial charge in [-0.25, -0.2) is 9.59 Å². The third-order valence-corrected chi connectivity index (χ3v) is 2.53. The molecule has 0 saturated heterocycles. The number of terminal acetylenes is 1. The summed E-state index contributed by atoms with van der Waals surface area (Å²) >= 11 is 1.53. The second-order valence-electron chi connectivity index (χ2n) is 3.18. The van der Waals surface area contributed by atoms with Gasteiger partial charge in [0.15, 0.2) is 0 Å². The van der Waals surface area contributed by atoms with Gasteiger partial charge in [0, 0.05) is 7.05 Å². The zero-order valence-corrected chi connectivity index (χ0v) is 10.2. The van der Waals surface area contributed by atoms with Gasteiger partial charge < -0.3 is 15.3 Å². The molecule has 0 aliphatic carbocycles. The highest BCUT2D eigenvalue weighted by Gasteiger charge is 2.20. The second kappa shape index (κ2) is 7.88. The van der Waals surface area contributed by atoms with Gasteiger partial charge in [-0.2, -0.15) is 11.8 Å². The molecule has 0 aliphatic rings. The number of aliphatic carboxylic acids is 1. The molecule has 0 aromatic heterocycles. The van der Waals surface area contributed by atoms with E-state index in [0.29, 0.717) is 12.2 Å². The van der Waals surface area contributed by atoms with Gasteiger partial charge in [-0.15, -0.1) is 6.42 Å². The Balaban J connectivity index is 4.23. The van der Waals surface area contributed by atoms with Crippen molar-refractivity contribution in [2.75, 3.05) is 25.6 Å². The summed E-state index contributed by atoms with van der Waals surface area (Å²) in [5.74, 6) is 1.95. The van der Waals surface area contributed by atoms with Crippen LogP contribution in [0.25, 0.3) is 0 Å². The van der Waals surface area contributed by atoms with Crippen LogP contribution in [0, 0.1) is 12.3 Å². The van der Waals surface area contributed by atoms with Crippen molar-refractivity contribution in [3.63, 3.8) is 0 Å². The lowest BCUT2D eigenvalue weighted by molar-refractivity contribution is -0.139. The van der Waals surface area contributed by atoms with Crippen LogP contribution >= 0.6 is 11.8 Å². The van der Waals surface area contributed by atoms with Crippen molar-refractivity contribution in [1.29, 1.82) is 0 Å². The first-order chi connectivity index (χ1) is 7.52. The average Bonchev–Trinajstić information content (AvgIpc) is 2.23. The van der Waals surface area contributed by atoms with Crippen LogP contribution < -0.4 is 5.32 Å². The van der Waals surface area contributed by atoms with E-state index < -0.39 is 18.0 Å². The molecule has 0 heterocycles. The molecule has 5 nitrogen and oxygen atoms in total. The minimum Gasteiger partial charge on any atom is -0.480 e. The number of nitrogens with one attached hydrogen (secondary N) is 1. The summed E-state index contributed by atoms with van der Waals surface area (Å²) in [4.78, 5) is 23.6. The summed E-state index contributed by atoms with van der Waals surface area (Å²) in [6, 6.07) is -1.33. The highest BCUT2D eigenvalue weighted by molar-refractivity contribution is 7.98. The minimum atomic E-state index is -1.03. The molecule has 0 aromatic carbocycles. The number of carbonyl (C=O) groups excluding carboxylic acids is 1. The molecular weight excluding hydrogens is 228 g/mol. The van der Waals surface area contributed by atoms with Gasteiger partial charge in [0.2, 0.25) is 0 Å². The van der Waals surface area contributed by atoms with Crippen molar-refractivity contribution >= 4 is 23.8 Å². The Kier molecular flexibility index (Phi) is 7.21. The highest BCUT2D eigenvalue weighted by atomic mass is 32.2. The van der Waals surface area contributed by atoms with E-state index in [4.69, 9.17) is 11.5 Å². The first-order valence-electron chi connectivity index (χ1n) is 4.69. The van der Waals surface area contributed by atoms with Crippen molar-refractivity contribution in [3.8, 4) is 12.3 Å². The molecule has 0 saturated carbocycles. The van der Waals surface area contributed by atoms with Crippen molar-refractivity contribution in [2.45, 2.75) is 12.5 Å². The van der Waals surface area contributed by atoms with Gasteiger partial charge in [0.1, 0.15) is 6.04 Å². The number of hydrogen-bond acceptors (Lipinski definition) is 3. The minimum absolute atomic E-state index is 0.153. The zero-order chi connectivity index (χ0) is 12.6. The third-order valence-electron chi connectivity index (χ3n) is 1.88. The summed E-state index contributed by atoms with van der Waals surface area (Å²) in [5, 5.41) is 11.3. The van der Waals surface area contributed by atoms with E-state index >= 15 is 0 Å². The van der Waals surface area contributed by atoms with Crippen molar-refractivity contribution in [2.24, 2.45) is 0 Å². The van der Waals surface area contributed by atoms with Crippen LogP contribution in [-0.4, -0.2) is 53.6 Å². The fourth-order valence-electron chi connectivity index (χ4n) is 0.961. The molecule has 2 amide bonds. The van der Waals surface area contributed by atoms with Crippen LogP contribution in [0.3, 0.4) is 0 Å². The number of hydrogen-bond donors (Lipinski definition) is 2. The molecule has 0 fully saturated rings. The Morgan fingerprint density at radius 3 is 2.69 bits per heavy atom. The van der Waals surface area contributed by atoms with E-state index in [1.807, 2.05) is 6.26 Å². The summed E-state index contributed by atoms with van der Waals surface area (Å²) in [6.07, 6.45) is 7.32. The van der Waals surface area contributed by atoms with E-state index in [2.05, 4.69) is 11.2 Å². The van der Waals surface area contributed by atoms with Crippen LogP contribution in [-0.2, 0) is 4.79 Å². The molecule has 0 bridgehead atoms. The molecule has 90 valence electrons. The van der Waals surface area contributed by atoms with Gasteiger partial charge in [-0.3, -0.25) is 0 Å². The average molecular weight is 244 g/mol.